The molecule has 0 N–H and O–H groups in total. The van der Waals surface area contributed by atoms with Crippen molar-refractivity contribution in [3.8, 4) is 6.07 Å². The summed E-state index contributed by atoms with van der Waals surface area (Å²) in [4.78, 5) is 13.0. The molecule has 0 bridgehead atoms. The molecule has 2 aromatic rings. The number of likely N-dealkylation sites (N-methyl/N-ethyl adjacent to an activating group) is 1. The van der Waals surface area contributed by atoms with Gasteiger partial charge in [0.05, 0.1) is 17.3 Å². The summed E-state index contributed by atoms with van der Waals surface area (Å²) in [6.45, 7) is 1.78. The van der Waals surface area contributed by atoms with Crippen LogP contribution in [0.1, 0.15) is 12.0 Å². The zero-order chi connectivity index (χ0) is 15.5. The Morgan fingerprint density at radius 2 is 2.14 bits per heavy atom. The summed E-state index contributed by atoms with van der Waals surface area (Å²) in [6, 6.07) is 10.2. The van der Waals surface area contributed by atoms with Gasteiger partial charge in [-0.25, -0.2) is 9.97 Å². The zero-order valence-corrected chi connectivity index (χ0v) is 13.9. The summed E-state index contributed by atoms with van der Waals surface area (Å²) in [5.74, 6) is 0.740. The number of rotatable bonds is 3. The van der Waals surface area contributed by atoms with E-state index in [-0.39, 0.29) is 0 Å². The third-order valence-corrected chi connectivity index (χ3v) is 4.49. The van der Waals surface area contributed by atoms with Crippen molar-refractivity contribution in [2.24, 2.45) is 0 Å². The van der Waals surface area contributed by atoms with Crippen LogP contribution in [0.15, 0.2) is 41.1 Å². The van der Waals surface area contributed by atoms with Gasteiger partial charge >= 0.3 is 0 Å². The van der Waals surface area contributed by atoms with Gasteiger partial charge in [0.15, 0.2) is 0 Å². The molecule has 112 valence electrons. The topological polar surface area (TPSA) is 56.1 Å². The molecule has 0 saturated carbocycles. The van der Waals surface area contributed by atoms with Crippen molar-refractivity contribution in [1.82, 2.24) is 9.97 Å². The van der Waals surface area contributed by atoms with E-state index in [4.69, 9.17) is 0 Å². The van der Waals surface area contributed by atoms with E-state index in [1.807, 2.05) is 31.3 Å². The van der Waals surface area contributed by atoms with E-state index < -0.39 is 0 Å². The van der Waals surface area contributed by atoms with E-state index in [9.17, 15) is 5.26 Å². The first-order valence-electron chi connectivity index (χ1n) is 7.13. The van der Waals surface area contributed by atoms with Crippen LogP contribution in [-0.4, -0.2) is 36.1 Å². The molecule has 1 aliphatic rings. The summed E-state index contributed by atoms with van der Waals surface area (Å²) < 4.78 is 0.990. The normalized spacial score (nSPS) is 17.3. The molecule has 2 heterocycles. The van der Waals surface area contributed by atoms with Gasteiger partial charge in [-0.05, 0) is 30.7 Å². The van der Waals surface area contributed by atoms with Gasteiger partial charge in [0.25, 0.3) is 0 Å². The lowest BCUT2D eigenvalue weighted by Gasteiger charge is -2.25. The summed E-state index contributed by atoms with van der Waals surface area (Å²) in [6.07, 6.45) is 4.54. The SMILES string of the molecule is CN(c1ncccn1)C1CCN(c2cc(Br)ccc2C#N)C1. The number of hydrogen-bond donors (Lipinski definition) is 0. The highest BCUT2D eigenvalue weighted by molar-refractivity contribution is 9.10. The first-order valence-corrected chi connectivity index (χ1v) is 7.93. The maximum atomic E-state index is 9.30. The minimum absolute atomic E-state index is 0.341. The van der Waals surface area contributed by atoms with E-state index in [0.29, 0.717) is 11.6 Å². The molecule has 22 heavy (non-hydrogen) atoms. The maximum Gasteiger partial charge on any atom is 0.225 e. The Morgan fingerprint density at radius 1 is 1.36 bits per heavy atom. The number of hydrogen-bond acceptors (Lipinski definition) is 5. The molecular formula is C16H16BrN5. The van der Waals surface area contributed by atoms with Crippen molar-refractivity contribution in [2.75, 3.05) is 29.9 Å². The minimum atomic E-state index is 0.341. The summed E-state index contributed by atoms with van der Waals surface area (Å²) >= 11 is 3.49. The number of nitrogens with zero attached hydrogens (tertiary/aromatic N) is 5. The first kappa shape index (κ1) is 14.8. The van der Waals surface area contributed by atoms with Gasteiger partial charge in [-0.3, -0.25) is 0 Å². The van der Waals surface area contributed by atoms with Gasteiger partial charge in [-0.15, -0.1) is 0 Å². The van der Waals surface area contributed by atoms with E-state index >= 15 is 0 Å². The lowest BCUT2D eigenvalue weighted by atomic mass is 10.2. The molecule has 1 aliphatic heterocycles. The van der Waals surface area contributed by atoms with Crippen LogP contribution < -0.4 is 9.80 Å². The summed E-state index contributed by atoms with van der Waals surface area (Å²) in [5.41, 5.74) is 1.70. The number of halogens is 1. The first-order chi connectivity index (χ1) is 10.7. The van der Waals surface area contributed by atoms with Crippen LogP contribution in [0, 0.1) is 11.3 Å². The van der Waals surface area contributed by atoms with E-state index in [1.54, 1.807) is 12.4 Å². The Morgan fingerprint density at radius 3 is 2.86 bits per heavy atom. The Balaban J connectivity index is 1.78. The Hall–Kier alpha value is -2.13. The molecule has 0 aliphatic carbocycles. The standard InChI is InChI=1S/C16H16BrN5/c1-21(16-19-6-2-7-20-16)14-5-8-22(11-14)15-9-13(17)4-3-12(15)10-18/h2-4,6-7,9,14H,5,8,11H2,1H3. The molecule has 0 spiro atoms. The molecule has 0 radical (unpaired) electrons. The fourth-order valence-corrected chi connectivity index (χ4v) is 3.12. The summed E-state index contributed by atoms with van der Waals surface area (Å²) in [7, 11) is 2.02. The van der Waals surface area contributed by atoms with E-state index in [2.05, 4.69) is 41.8 Å². The molecule has 3 rings (SSSR count). The molecule has 0 amide bonds. The quantitative estimate of drug-likeness (QED) is 0.845. The van der Waals surface area contributed by atoms with Crippen molar-refractivity contribution in [3.63, 3.8) is 0 Å². The highest BCUT2D eigenvalue weighted by atomic mass is 79.9. The molecule has 6 heteroatoms. The largest absolute Gasteiger partial charge is 0.368 e. The van der Waals surface area contributed by atoms with Gasteiger partial charge < -0.3 is 9.80 Å². The number of anilines is 2. The number of benzene rings is 1. The average Bonchev–Trinajstić information content (AvgIpc) is 3.04. The number of aromatic nitrogens is 2. The van der Waals surface area contributed by atoms with E-state index in [0.717, 1.165) is 35.6 Å². The van der Waals surface area contributed by atoms with Crippen LogP contribution in [-0.2, 0) is 0 Å². The predicted octanol–water partition coefficient (Wildman–Crippen LogP) is 2.83. The minimum Gasteiger partial charge on any atom is -0.368 e. The Bertz CT molecular complexity index is 697. The van der Waals surface area contributed by atoms with Gasteiger partial charge in [-0.2, -0.15) is 5.26 Å². The monoisotopic (exact) mass is 357 g/mol. The highest BCUT2D eigenvalue weighted by Crippen LogP contribution is 2.29. The molecule has 5 nitrogen and oxygen atoms in total. The van der Waals surface area contributed by atoms with Gasteiger partial charge in [0, 0.05) is 37.0 Å². The second-order valence-electron chi connectivity index (χ2n) is 5.32. The molecule has 1 fully saturated rings. The van der Waals surface area contributed by atoms with Gasteiger partial charge in [0.2, 0.25) is 5.95 Å². The van der Waals surface area contributed by atoms with Gasteiger partial charge in [0.1, 0.15) is 6.07 Å². The molecular weight excluding hydrogens is 342 g/mol. The van der Waals surface area contributed by atoms with E-state index in [1.165, 1.54) is 0 Å². The van der Waals surface area contributed by atoms with Gasteiger partial charge in [-0.1, -0.05) is 15.9 Å². The second kappa shape index (κ2) is 6.32. The van der Waals surface area contributed by atoms with Crippen molar-refractivity contribution in [2.45, 2.75) is 12.5 Å². The molecule has 1 saturated heterocycles. The number of nitriles is 1. The van der Waals surface area contributed by atoms with Crippen LogP contribution in [0.2, 0.25) is 0 Å². The lowest BCUT2D eigenvalue weighted by molar-refractivity contribution is 0.674. The molecule has 1 unspecified atom stereocenters. The Labute approximate surface area is 138 Å². The van der Waals surface area contributed by atoms with Crippen LogP contribution in [0.3, 0.4) is 0 Å². The molecule has 1 aromatic heterocycles. The lowest BCUT2D eigenvalue weighted by Crippen LogP contribution is -2.35. The summed E-state index contributed by atoms with van der Waals surface area (Å²) in [5, 5.41) is 9.30. The zero-order valence-electron chi connectivity index (χ0n) is 12.3. The average molecular weight is 358 g/mol. The fourth-order valence-electron chi connectivity index (χ4n) is 2.77. The van der Waals surface area contributed by atoms with Crippen LogP contribution in [0.4, 0.5) is 11.6 Å². The molecule has 1 aromatic carbocycles. The van der Waals surface area contributed by atoms with Crippen molar-refractivity contribution < 1.29 is 0 Å². The third-order valence-electron chi connectivity index (χ3n) is 4.00. The second-order valence-corrected chi connectivity index (χ2v) is 6.24. The smallest absolute Gasteiger partial charge is 0.225 e. The van der Waals surface area contributed by atoms with Crippen molar-refractivity contribution in [3.05, 3.63) is 46.7 Å². The Kier molecular flexibility index (Phi) is 4.25. The van der Waals surface area contributed by atoms with Crippen LogP contribution in [0.5, 0.6) is 0 Å². The van der Waals surface area contributed by atoms with Crippen LogP contribution >= 0.6 is 15.9 Å². The highest BCUT2D eigenvalue weighted by Gasteiger charge is 2.28. The van der Waals surface area contributed by atoms with Crippen LogP contribution in [0.25, 0.3) is 0 Å². The molecule has 1 atom stereocenters. The maximum absolute atomic E-state index is 9.30. The fraction of sp³-hybridized carbons (Fsp3) is 0.312. The van der Waals surface area contributed by atoms with Crippen molar-refractivity contribution in [1.29, 1.82) is 5.26 Å². The van der Waals surface area contributed by atoms with Crippen molar-refractivity contribution >= 4 is 27.6 Å². The third kappa shape index (κ3) is 2.90. The predicted molar refractivity (Wildman–Crippen MR) is 89.9 cm³/mol.